The van der Waals surface area contributed by atoms with E-state index < -0.39 is 24.0 Å². The second kappa shape index (κ2) is 11.9. The monoisotopic (exact) mass is 558 g/mol. The van der Waals surface area contributed by atoms with E-state index in [9.17, 15) is 18.0 Å². The molecule has 12 heteroatoms. The van der Waals surface area contributed by atoms with Crippen molar-refractivity contribution < 1.29 is 32.1 Å². The number of benzene rings is 2. The molecule has 0 bridgehead atoms. The van der Waals surface area contributed by atoms with Crippen LogP contribution < -0.4 is 25.7 Å². The molecule has 2 aromatic carbocycles. The summed E-state index contributed by atoms with van der Waals surface area (Å²) in [5.74, 6) is 0.499. The van der Waals surface area contributed by atoms with Gasteiger partial charge in [0.25, 0.3) is 5.56 Å². The Morgan fingerprint density at radius 1 is 1.07 bits per heavy atom. The summed E-state index contributed by atoms with van der Waals surface area (Å²) >= 11 is 0. The standard InChI is InChI=1S/C28H29F3N4O5/c1-18-4-5-21(38-12-9-35-7-10-37-11-8-35)16-24(18)34-27-33-17-25(39-27)20-13-19(23-3-2-6-32-26(23)36)14-22(15-20)40-28(29,30)31/h2-6,13-17,27,33-34H,7-12H2,1H3,(H,32,36). The number of rotatable bonds is 9. The van der Waals surface area contributed by atoms with E-state index in [1.807, 2.05) is 25.1 Å². The summed E-state index contributed by atoms with van der Waals surface area (Å²) in [7, 11) is 0. The van der Waals surface area contributed by atoms with Crippen molar-refractivity contribution in [3.8, 4) is 22.6 Å². The van der Waals surface area contributed by atoms with Crippen LogP contribution in [0.5, 0.6) is 11.5 Å². The fourth-order valence-corrected chi connectivity index (χ4v) is 4.41. The molecule has 0 aliphatic carbocycles. The van der Waals surface area contributed by atoms with Crippen LogP contribution in [-0.2, 0) is 9.47 Å². The lowest BCUT2D eigenvalue weighted by atomic mass is 10.0. The van der Waals surface area contributed by atoms with E-state index in [-0.39, 0.29) is 16.9 Å². The molecule has 1 aromatic heterocycles. The highest BCUT2D eigenvalue weighted by molar-refractivity contribution is 5.72. The quantitative estimate of drug-likeness (QED) is 0.358. The third-order valence-electron chi connectivity index (χ3n) is 6.44. The van der Waals surface area contributed by atoms with Crippen molar-refractivity contribution in [3.05, 3.63) is 82.4 Å². The van der Waals surface area contributed by atoms with Crippen LogP contribution in [-0.4, -0.2) is 62.1 Å². The first-order chi connectivity index (χ1) is 19.2. The number of anilines is 1. The van der Waals surface area contributed by atoms with Crippen LogP contribution in [0.3, 0.4) is 0 Å². The smallest absolute Gasteiger partial charge is 0.492 e. The minimum atomic E-state index is -4.90. The summed E-state index contributed by atoms with van der Waals surface area (Å²) in [5.41, 5.74) is 2.01. The van der Waals surface area contributed by atoms with Gasteiger partial charge in [0.1, 0.15) is 23.9 Å². The number of ether oxygens (including phenoxy) is 4. The molecule has 40 heavy (non-hydrogen) atoms. The molecule has 1 atom stereocenters. The van der Waals surface area contributed by atoms with Crippen LogP contribution in [0.15, 0.2) is 65.7 Å². The molecule has 3 aromatic rings. The van der Waals surface area contributed by atoms with Gasteiger partial charge in [0.2, 0.25) is 6.35 Å². The van der Waals surface area contributed by atoms with Crippen molar-refractivity contribution in [2.24, 2.45) is 0 Å². The average Bonchev–Trinajstić information content (AvgIpc) is 3.39. The normalized spacial score (nSPS) is 17.5. The number of hydrogen-bond donors (Lipinski definition) is 3. The largest absolute Gasteiger partial charge is 0.573 e. The molecule has 2 aliphatic heterocycles. The maximum absolute atomic E-state index is 13.0. The highest BCUT2D eigenvalue weighted by Crippen LogP contribution is 2.33. The van der Waals surface area contributed by atoms with Crippen molar-refractivity contribution in [1.82, 2.24) is 15.2 Å². The maximum Gasteiger partial charge on any atom is 0.573 e. The average molecular weight is 559 g/mol. The van der Waals surface area contributed by atoms with Crippen LogP contribution in [0, 0.1) is 6.92 Å². The summed E-state index contributed by atoms with van der Waals surface area (Å²) < 4.78 is 60.6. The van der Waals surface area contributed by atoms with Crippen LogP contribution >= 0.6 is 0 Å². The SMILES string of the molecule is Cc1ccc(OCCN2CCOCC2)cc1NC1NC=C(c2cc(OC(F)(F)F)cc(-c3ccc[nH]c3=O)c2)O1. The highest BCUT2D eigenvalue weighted by atomic mass is 19.4. The summed E-state index contributed by atoms with van der Waals surface area (Å²) in [6.45, 7) is 6.51. The molecule has 0 saturated carbocycles. The van der Waals surface area contributed by atoms with Crippen LogP contribution in [0.25, 0.3) is 16.9 Å². The van der Waals surface area contributed by atoms with Gasteiger partial charge >= 0.3 is 6.36 Å². The van der Waals surface area contributed by atoms with E-state index in [1.165, 1.54) is 18.3 Å². The number of H-pyrrole nitrogens is 1. The topological polar surface area (TPSA) is 97.1 Å². The van der Waals surface area contributed by atoms with Gasteiger partial charge in [-0.1, -0.05) is 6.07 Å². The Labute approximate surface area is 228 Å². The van der Waals surface area contributed by atoms with E-state index in [2.05, 4.69) is 25.3 Å². The lowest BCUT2D eigenvalue weighted by Gasteiger charge is -2.26. The molecular weight excluding hydrogens is 529 g/mol. The van der Waals surface area contributed by atoms with Crippen molar-refractivity contribution in [2.75, 3.05) is 44.8 Å². The zero-order valence-corrected chi connectivity index (χ0v) is 21.7. The molecule has 2 aliphatic rings. The summed E-state index contributed by atoms with van der Waals surface area (Å²) in [4.78, 5) is 17.1. The van der Waals surface area contributed by atoms with Gasteiger partial charge in [-0.25, -0.2) is 0 Å². The molecule has 0 radical (unpaired) electrons. The summed E-state index contributed by atoms with van der Waals surface area (Å²) in [6.07, 6.45) is -2.62. The van der Waals surface area contributed by atoms with Crippen LogP contribution in [0.2, 0.25) is 0 Å². The molecule has 0 amide bonds. The number of aromatic amines is 1. The van der Waals surface area contributed by atoms with Crippen LogP contribution in [0.1, 0.15) is 11.1 Å². The van der Waals surface area contributed by atoms with Gasteiger partial charge in [0.15, 0.2) is 0 Å². The molecule has 1 fully saturated rings. The first-order valence-electron chi connectivity index (χ1n) is 12.8. The van der Waals surface area contributed by atoms with Crippen molar-refractivity contribution in [2.45, 2.75) is 19.6 Å². The van der Waals surface area contributed by atoms with Gasteiger partial charge in [0, 0.05) is 54.9 Å². The van der Waals surface area contributed by atoms with Gasteiger partial charge in [0.05, 0.1) is 13.2 Å². The third kappa shape index (κ3) is 7.07. The fraction of sp³-hybridized carbons (Fsp3) is 0.321. The Morgan fingerprint density at radius 2 is 1.88 bits per heavy atom. The van der Waals surface area contributed by atoms with E-state index >= 15 is 0 Å². The lowest BCUT2D eigenvalue weighted by Crippen LogP contribution is -2.38. The van der Waals surface area contributed by atoms with Crippen molar-refractivity contribution in [3.63, 3.8) is 0 Å². The number of pyridine rings is 1. The van der Waals surface area contributed by atoms with E-state index in [4.69, 9.17) is 14.2 Å². The van der Waals surface area contributed by atoms with Gasteiger partial charge in [-0.3, -0.25) is 9.69 Å². The Bertz CT molecular complexity index is 1420. The summed E-state index contributed by atoms with van der Waals surface area (Å²) in [5, 5.41) is 6.28. The van der Waals surface area contributed by atoms with Crippen molar-refractivity contribution >= 4 is 11.4 Å². The Morgan fingerprint density at radius 3 is 2.65 bits per heavy atom. The van der Waals surface area contributed by atoms with Crippen molar-refractivity contribution in [1.29, 1.82) is 0 Å². The molecule has 1 saturated heterocycles. The molecular formula is C28H29F3N4O5. The van der Waals surface area contributed by atoms with E-state index in [0.29, 0.717) is 17.9 Å². The first kappa shape index (κ1) is 27.4. The minimum absolute atomic E-state index is 0.193. The second-order valence-corrected chi connectivity index (χ2v) is 9.30. The zero-order valence-electron chi connectivity index (χ0n) is 21.7. The predicted molar refractivity (Wildman–Crippen MR) is 143 cm³/mol. The number of nitrogens with zero attached hydrogens (tertiary/aromatic N) is 1. The third-order valence-corrected chi connectivity index (χ3v) is 6.44. The molecule has 3 N–H and O–H groups in total. The minimum Gasteiger partial charge on any atom is -0.492 e. The highest BCUT2D eigenvalue weighted by Gasteiger charge is 2.32. The molecule has 9 nitrogen and oxygen atoms in total. The first-order valence-corrected chi connectivity index (χ1v) is 12.8. The Hall–Kier alpha value is -4.16. The molecule has 1 unspecified atom stereocenters. The number of aromatic nitrogens is 1. The van der Waals surface area contributed by atoms with Gasteiger partial charge in [-0.05, 0) is 54.4 Å². The number of alkyl halides is 3. The number of morpholine rings is 1. The Kier molecular flexibility index (Phi) is 8.17. The van der Waals surface area contributed by atoms with Gasteiger partial charge < -0.3 is 34.6 Å². The van der Waals surface area contributed by atoms with Gasteiger partial charge in [-0.2, -0.15) is 0 Å². The van der Waals surface area contributed by atoms with E-state index in [0.717, 1.165) is 50.2 Å². The molecule has 3 heterocycles. The fourth-order valence-electron chi connectivity index (χ4n) is 4.41. The predicted octanol–water partition coefficient (Wildman–Crippen LogP) is 4.27. The number of nitrogens with one attached hydrogen (secondary N) is 3. The molecule has 0 spiro atoms. The number of halogens is 3. The van der Waals surface area contributed by atoms with Gasteiger partial charge in [-0.15, -0.1) is 13.2 Å². The molecule has 5 rings (SSSR count). The zero-order chi connectivity index (χ0) is 28.1. The van der Waals surface area contributed by atoms with E-state index in [1.54, 1.807) is 18.3 Å². The maximum atomic E-state index is 13.0. The van der Waals surface area contributed by atoms with Crippen LogP contribution in [0.4, 0.5) is 18.9 Å². The Balaban J connectivity index is 1.27. The summed E-state index contributed by atoms with van der Waals surface area (Å²) in [6, 6.07) is 12.7. The second-order valence-electron chi connectivity index (χ2n) is 9.30. The molecule has 212 valence electrons. The number of aryl methyl sites for hydroxylation is 1. The number of hydrogen-bond acceptors (Lipinski definition) is 8. The lowest BCUT2D eigenvalue weighted by molar-refractivity contribution is -0.274.